The van der Waals surface area contributed by atoms with Crippen molar-refractivity contribution in [3.8, 4) is 0 Å². The van der Waals surface area contributed by atoms with Crippen molar-refractivity contribution in [2.45, 2.75) is 63.5 Å². The minimum Gasteiger partial charge on any atom is -0.377 e. The van der Waals surface area contributed by atoms with Crippen LogP contribution in [0.25, 0.3) is 0 Å². The second kappa shape index (κ2) is 16.7. The van der Waals surface area contributed by atoms with Crippen LogP contribution < -0.4 is 0 Å². The molecule has 31 heavy (non-hydrogen) atoms. The van der Waals surface area contributed by atoms with Crippen LogP contribution in [0.15, 0.2) is 0 Å². The Morgan fingerprint density at radius 3 is 1.35 bits per heavy atom. The van der Waals surface area contributed by atoms with E-state index in [1.807, 2.05) is 0 Å². The number of rotatable bonds is 20. The molecule has 11 heteroatoms. The van der Waals surface area contributed by atoms with Crippen molar-refractivity contribution in [3.05, 3.63) is 0 Å². The molecule has 0 aromatic rings. The molecule has 0 fully saturated rings. The molecule has 0 spiro atoms. The summed E-state index contributed by atoms with van der Waals surface area (Å²) in [6.07, 6.45) is 4.66. The molecule has 0 rings (SSSR count). The first-order valence-corrected chi connectivity index (χ1v) is 15.0. The van der Waals surface area contributed by atoms with E-state index in [9.17, 15) is 4.79 Å². The number of halogens is 1. The predicted octanol–water partition coefficient (Wildman–Crippen LogP) is 3.93. The summed E-state index contributed by atoms with van der Waals surface area (Å²) in [5.41, 5.74) is 0.383. The predicted molar refractivity (Wildman–Crippen MR) is 127 cm³/mol. The number of carbonyl (C=O) groups excluding carboxylic acids is 1. The summed E-state index contributed by atoms with van der Waals surface area (Å²) in [7, 11) is 4.50. The Labute approximate surface area is 196 Å². The molecule has 0 radical (unpaired) electrons. The van der Waals surface area contributed by atoms with Gasteiger partial charge in [0.05, 0.1) is 0 Å². The van der Waals surface area contributed by atoms with Gasteiger partial charge in [-0.2, -0.15) is 0 Å². The Kier molecular flexibility index (Phi) is 16.7. The van der Waals surface area contributed by atoms with Crippen LogP contribution in [0.2, 0.25) is 11.1 Å². The number of carbonyl (C=O) groups is 1. The van der Waals surface area contributed by atoms with Crippen molar-refractivity contribution in [1.82, 2.24) is 4.90 Å². The van der Waals surface area contributed by atoms with E-state index in [0.29, 0.717) is 6.42 Å². The lowest BCUT2D eigenvalue weighted by Gasteiger charge is -2.35. The van der Waals surface area contributed by atoms with E-state index in [4.69, 9.17) is 38.2 Å². The molecule has 0 bridgehead atoms. The van der Waals surface area contributed by atoms with Crippen molar-refractivity contribution < 1.29 is 31.4 Å². The normalized spacial score (nSPS) is 14.8. The summed E-state index contributed by atoms with van der Waals surface area (Å²) >= 11 is 5.55. The van der Waals surface area contributed by atoms with Crippen LogP contribution in [0, 0.1) is 0 Å². The summed E-state index contributed by atoms with van der Waals surface area (Å²) in [5.74, 6) is 0. The second-order valence-corrected chi connectivity index (χ2v) is 14.4. The fraction of sp³-hybridized carbons (Fsp3) is 0.950. The van der Waals surface area contributed by atoms with Gasteiger partial charge in [-0.05, 0) is 63.3 Å². The Morgan fingerprint density at radius 1 is 0.742 bits per heavy atom. The highest BCUT2D eigenvalue weighted by molar-refractivity contribution is 6.63. The van der Waals surface area contributed by atoms with Crippen LogP contribution in [-0.2, 0) is 31.4 Å². The van der Waals surface area contributed by atoms with Gasteiger partial charge in [-0.15, -0.1) is 0 Å². The molecule has 8 nitrogen and oxygen atoms in total. The maximum absolute atomic E-state index is 11.2. The lowest BCUT2D eigenvalue weighted by atomic mass is 10.2. The largest absolute Gasteiger partial charge is 0.503 e. The second-order valence-electron chi connectivity index (χ2n) is 7.52. The smallest absolute Gasteiger partial charge is 0.377 e. The minimum atomic E-state index is -2.72. The Morgan fingerprint density at radius 2 is 1.10 bits per heavy atom. The standard InChI is InChI=1S/C20H44ClNO7Si2/c1-9-18(30(24-3,25-4)26-5)13-16-22(15-11-12-20(21)23)17-14-19(10-2)31(27-6,28-7)29-8/h18-19H,9-17H2,1-8H3. The molecular formula is C20H44ClNO7Si2. The van der Waals surface area contributed by atoms with Gasteiger partial charge < -0.3 is 31.5 Å². The topological polar surface area (TPSA) is 75.7 Å². The minimum absolute atomic E-state index is 0.192. The Hall–Kier alpha value is 0.114. The van der Waals surface area contributed by atoms with Crippen LogP contribution in [0.5, 0.6) is 0 Å². The summed E-state index contributed by atoms with van der Waals surface area (Å²) in [5, 5.41) is -0.299. The number of hydrogen-bond acceptors (Lipinski definition) is 8. The van der Waals surface area contributed by atoms with Gasteiger partial charge in [0.25, 0.3) is 0 Å². The van der Waals surface area contributed by atoms with Gasteiger partial charge in [0.2, 0.25) is 5.24 Å². The third-order valence-corrected chi connectivity index (χ3v) is 13.1. The van der Waals surface area contributed by atoms with Gasteiger partial charge in [0, 0.05) is 60.2 Å². The lowest BCUT2D eigenvalue weighted by Crippen LogP contribution is -2.49. The zero-order valence-corrected chi connectivity index (χ0v) is 23.5. The summed E-state index contributed by atoms with van der Waals surface area (Å²) < 4.78 is 34.2. The monoisotopic (exact) mass is 501 g/mol. The molecule has 0 aliphatic heterocycles. The summed E-state index contributed by atoms with van der Waals surface area (Å²) in [4.78, 5) is 13.6. The third-order valence-electron chi connectivity index (χ3n) is 6.13. The highest BCUT2D eigenvalue weighted by atomic mass is 35.5. The molecule has 0 saturated carbocycles. The zero-order chi connectivity index (χ0) is 23.9. The first-order valence-electron chi connectivity index (χ1n) is 11.0. The fourth-order valence-electron chi connectivity index (χ4n) is 4.22. The van der Waals surface area contributed by atoms with Crippen LogP contribution >= 0.6 is 11.6 Å². The molecule has 0 saturated heterocycles. The quantitative estimate of drug-likeness (QED) is 0.183. The van der Waals surface area contributed by atoms with Gasteiger partial charge in [-0.1, -0.05) is 13.8 Å². The van der Waals surface area contributed by atoms with E-state index in [0.717, 1.165) is 51.7 Å². The molecular weight excluding hydrogens is 458 g/mol. The van der Waals surface area contributed by atoms with Gasteiger partial charge in [-0.3, -0.25) is 4.79 Å². The molecule has 0 heterocycles. The Bertz CT molecular complexity index is 434. The van der Waals surface area contributed by atoms with E-state index in [1.165, 1.54) is 0 Å². The zero-order valence-electron chi connectivity index (χ0n) is 20.7. The molecule has 0 aromatic carbocycles. The average Bonchev–Trinajstić information content (AvgIpc) is 2.79. The molecule has 2 unspecified atom stereocenters. The van der Waals surface area contributed by atoms with Gasteiger partial charge in [-0.25, -0.2) is 0 Å². The van der Waals surface area contributed by atoms with Crippen molar-refractivity contribution in [1.29, 1.82) is 0 Å². The van der Waals surface area contributed by atoms with Crippen LogP contribution in [0.4, 0.5) is 0 Å². The maximum Gasteiger partial charge on any atom is 0.503 e. The van der Waals surface area contributed by atoms with E-state index < -0.39 is 17.6 Å². The average molecular weight is 502 g/mol. The molecule has 2 atom stereocenters. The molecule has 0 aliphatic rings. The Balaban J connectivity index is 5.27. The molecule has 0 amide bonds. The molecule has 0 aliphatic carbocycles. The van der Waals surface area contributed by atoms with Crippen LogP contribution in [-0.4, -0.2) is 90.0 Å². The number of nitrogens with zero attached hydrogens (tertiary/aromatic N) is 1. The van der Waals surface area contributed by atoms with E-state index in [1.54, 1.807) is 42.7 Å². The first kappa shape index (κ1) is 31.1. The van der Waals surface area contributed by atoms with Crippen molar-refractivity contribution in [2.24, 2.45) is 0 Å². The SMILES string of the molecule is CCC(CCN(CCCC(=O)Cl)CCC(CC)[Si](OC)(OC)OC)[Si](OC)(OC)OC. The van der Waals surface area contributed by atoms with E-state index in [-0.39, 0.29) is 16.3 Å². The molecule has 186 valence electrons. The highest BCUT2D eigenvalue weighted by Gasteiger charge is 2.47. The summed E-state index contributed by atoms with van der Waals surface area (Å²) in [6.45, 7) is 6.73. The van der Waals surface area contributed by atoms with Gasteiger partial charge >= 0.3 is 17.6 Å². The number of hydrogen-bond donors (Lipinski definition) is 0. The lowest BCUT2D eigenvalue weighted by molar-refractivity contribution is -0.111. The third kappa shape index (κ3) is 9.48. The van der Waals surface area contributed by atoms with Gasteiger partial charge in [0.15, 0.2) is 0 Å². The fourth-order valence-corrected chi connectivity index (χ4v) is 9.31. The molecule has 0 N–H and O–H groups in total. The van der Waals surface area contributed by atoms with E-state index in [2.05, 4.69) is 18.7 Å². The van der Waals surface area contributed by atoms with Crippen molar-refractivity contribution in [2.75, 3.05) is 62.3 Å². The van der Waals surface area contributed by atoms with Crippen LogP contribution in [0.1, 0.15) is 52.4 Å². The van der Waals surface area contributed by atoms with Crippen molar-refractivity contribution in [3.63, 3.8) is 0 Å². The molecule has 0 aromatic heterocycles. The van der Waals surface area contributed by atoms with E-state index >= 15 is 0 Å². The summed E-state index contributed by atoms with van der Waals surface area (Å²) in [6, 6.07) is 0. The highest BCUT2D eigenvalue weighted by Crippen LogP contribution is 2.33. The van der Waals surface area contributed by atoms with Crippen molar-refractivity contribution >= 4 is 34.5 Å². The maximum atomic E-state index is 11.2. The van der Waals surface area contributed by atoms with Gasteiger partial charge in [0.1, 0.15) is 0 Å². The van der Waals surface area contributed by atoms with Crippen LogP contribution in [0.3, 0.4) is 0 Å². The first-order chi connectivity index (χ1) is 14.8.